The Balaban J connectivity index is 1.45. The van der Waals surface area contributed by atoms with Gasteiger partial charge in [0.05, 0.1) is 16.9 Å². The SMILES string of the molecule is Fc1cc(-c2ncnc3ccc(-c4c[nH]c5ncccc45)cc23)ccc1N1CCNCC1. The molecule has 0 spiro atoms. The molecule has 1 aliphatic rings. The number of benzene rings is 2. The number of rotatable bonds is 3. The highest BCUT2D eigenvalue weighted by atomic mass is 19.1. The predicted octanol–water partition coefficient (Wildman–Crippen LogP) is 4.39. The first kappa shape index (κ1) is 18.9. The van der Waals surface area contributed by atoms with E-state index in [1.165, 1.54) is 6.33 Å². The van der Waals surface area contributed by atoms with Gasteiger partial charge in [-0.25, -0.2) is 19.3 Å². The molecule has 2 N–H and O–H groups in total. The van der Waals surface area contributed by atoms with Crippen LogP contribution in [-0.2, 0) is 0 Å². The molecule has 0 aliphatic carbocycles. The van der Waals surface area contributed by atoms with E-state index in [0.717, 1.165) is 70.5 Å². The number of H-pyrrole nitrogens is 1. The molecule has 0 atom stereocenters. The molecule has 32 heavy (non-hydrogen) atoms. The van der Waals surface area contributed by atoms with Crippen LogP contribution in [0.4, 0.5) is 10.1 Å². The van der Waals surface area contributed by atoms with Crippen molar-refractivity contribution in [2.75, 3.05) is 31.1 Å². The van der Waals surface area contributed by atoms with E-state index in [-0.39, 0.29) is 5.82 Å². The largest absolute Gasteiger partial charge is 0.367 e. The van der Waals surface area contributed by atoms with E-state index in [9.17, 15) is 0 Å². The fourth-order valence-corrected chi connectivity index (χ4v) is 4.47. The molecule has 0 amide bonds. The summed E-state index contributed by atoms with van der Waals surface area (Å²) in [6.45, 7) is 3.33. The highest BCUT2D eigenvalue weighted by Crippen LogP contribution is 2.34. The Labute approximate surface area is 184 Å². The molecule has 1 saturated heterocycles. The van der Waals surface area contributed by atoms with Gasteiger partial charge < -0.3 is 15.2 Å². The third-order valence-electron chi connectivity index (χ3n) is 6.08. The van der Waals surface area contributed by atoms with Gasteiger partial charge in [0.15, 0.2) is 0 Å². The number of aromatic nitrogens is 4. The van der Waals surface area contributed by atoms with Gasteiger partial charge in [0.25, 0.3) is 0 Å². The molecule has 5 aromatic rings. The molecule has 158 valence electrons. The lowest BCUT2D eigenvalue weighted by molar-refractivity contribution is 0.566. The highest BCUT2D eigenvalue weighted by Gasteiger charge is 2.17. The number of pyridine rings is 1. The van der Waals surface area contributed by atoms with E-state index in [2.05, 4.69) is 36.2 Å². The normalized spacial score (nSPS) is 14.3. The first-order valence-electron chi connectivity index (χ1n) is 10.7. The van der Waals surface area contributed by atoms with Gasteiger partial charge in [-0.2, -0.15) is 0 Å². The van der Waals surface area contributed by atoms with Gasteiger partial charge in [-0.3, -0.25) is 0 Å². The Morgan fingerprint density at radius 3 is 2.62 bits per heavy atom. The molecular weight excluding hydrogens is 403 g/mol. The molecule has 0 saturated carbocycles. The molecule has 1 aliphatic heterocycles. The molecule has 1 fully saturated rings. The monoisotopic (exact) mass is 424 g/mol. The van der Waals surface area contributed by atoms with Crippen molar-refractivity contribution in [1.29, 1.82) is 0 Å². The number of fused-ring (bicyclic) bond motifs is 2. The van der Waals surface area contributed by atoms with Crippen molar-refractivity contribution in [3.8, 4) is 22.4 Å². The number of nitrogens with zero attached hydrogens (tertiary/aromatic N) is 4. The topological polar surface area (TPSA) is 69.7 Å². The van der Waals surface area contributed by atoms with Crippen molar-refractivity contribution in [1.82, 2.24) is 25.3 Å². The van der Waals surface area contributed by atoms with Gasteiger partial charge in [-0.05, 0) is 42.0 Å². The first-order valence-corrected chi connectivity index (χ1v) is 10.7. The second-order valence-electron chi connectivity index (χ2n) is 7.96. The fourth-order valence-electron chi connectivity index (χ4n) is 4.47. The summed E-state index contributed by atoms with van der Waals surface area (Å²) >= 11 is 0. The molecule has 0 radical (unpaired) electrons. The van der Waals surface area contributed by atoms with Gasteiger partial charge in [0.1, 0.15) is 17.8 Å². The molecule has 4 heterocycles. The lowest BCUT2D eigenvalue weighted by Gasteiger charge is -2.29. The van der Waals surface area contributed by atoms with Crippen LogP contribution in [0.5, 0.6) is 0 Å². The zero-order valence-electron chi connectivity index (χ0n) is 17.3. The zero-order chi connectivity index (χ0) is 21.5. The first-order chi connectivity index (χ1) is 15.8. The van der Waals surface area contributed by atoms with E-state index in [0.29, 0.717) is 5.69 Å². The minimum atomic E-state index is -0.227. The third-order valence-corrected chi connectivity index (χ3v) is 6.08. The van der Waals surface area contributed by atoms with Gasteiger partial charge in [0, 0.05) is 60.5 Å². The van der Waals surface area contributed by atoms with Crippen LogP contribution in [0.1, 0.15) is 0 Å². The summed E-state index contributed by atoms with van der Waals surface area (Å²) in [4.78, 5) is 18.6. The number of aromatic amines is 1. The van der Waals surface area contributed by atoms with Gasteiger partial charge in [-0.1, -0.05) is 12.1 Å². The number of nitrogens with one attached hydrogen (secondary N) is 2. The Bertz CT molecular complexity index is 1440. The van der Waals surface area contributed by atoms with E-state index < -0.39 is 0 Å². The van der Waals surface area contributed by atoms with Crippen LogP contribution >= 0.6 is 0 Å². The van der Waals surface area contributed by atoms with Crippen molar-refractivity contribution >= 4 is 27.6 Å². The molecule has 0 bridgehead atoms. The van der Waals surface area contributed by atoms with E-state index in [4.69, 9.17) is 0 Å². The second kappa shape index (κ2) is 7.69. The average molecular weight is 424 g/mol. The van der Waals surface area contributed by atoms with E-state index in [1.807, 2.05) is 42.6 Å². The van der Waals surface area contributed by atoms with Crippen molar-refractivity contribution in [3.05, 3.63) is 73.1 Å². The maximum Gasteiger partial charge on any atom is 0.147 e. The summed E-state index contributed by atoms with van der Waals surface area (Å²) in [6, 6.07) is 15.5. The maximum atomic E-state index is 15.1. The predicted molar refractivity (Wildman–Crippen MR) is 125 cm³/mol. The molecule has 2 aromatic carbocycles. The fraction of sp³-hybridized carbons (Fsp3) is 0.160. The second-order valence-corrected chi connectivity index (χ2v) is 7.96. The minimum Gasteiger partial charge on any atom is -0.367 e. The molecule has 3 aromatic heterocycles. The summed E-state index contributed by atoms with van der Waals surface area (Å²) in [7, 11) is 0. The average Bonchev–Trinajstić information content (AvgIpc) is 3.28. The van der Waals surface area contributed by atoms with Crippen molar-refractivity contribution < 1.29 is 4.39 Å². The third kappa shape index (κ3) is 3.18. The van der Waals surface area contributed by atoms with Crippen LogP contribution < -0.4 is 10.2 Å². The summed E-state index contributed by atoms with van der Waals surface area (Å²) in [6.07, 6.45) is 5.27. The Morgan fingerprint density at radius 1 is 0.875 bits per heavy atom. The van der Waals surface area contributed by atoms with E-state index in [1.54, 1.807) is 12.3 Å². The Morgan fingerprint density at radius 2 is 1.75 bits per heavy atom. The highest BCUT2D eigenvalue weighted by molar-refractivity contribution is 5.99. The number of hydrogen-bond acceptors (Lipinski definition) is 5. The zero-order valence-corrected chi connectivity index (χ0v) is 17.3. The molecule has 0 unspecified atom stereocenters. The van der Waals surface area contributed by atoms with Crippen LogP contribution in [0, 0.1) is 5.82 Å². The van der Waals surface area contributed by atoms with Gasteiger partial charge in [0.2, 0.25) is 0 Å². The summed E-state index contributed by atoms with van der Waals surface area (Å²) in [5.74, 6) is -0.227. The van der Waals surface area contributed by atoms with Gasteiger partial charge in [-0.15, -0.1) is 0 Å². The Kier molecular flexibility index (Phi) is 4.54. The van der Waals surface area contributed by atoms with Crippen molar-refractivity contribution in [2.24, 2.45) is 0 Å². The lowest BCUT2D eigenvalue weighted by atomic mass is 10.00. The maximum absolute atomic E-state index is 15.1. The van der Waals surface area contributed by atoms with Gasteiger partial charge >= 0.3 is 0 Å². The summed E-state index contributed by atoms with van der Waals surface area (Å²) in [5, 5.41) is 5.24. The van der Waals surface area contributed by atoms with Crippen LogP contribution in [0.2, 0.25) is 0 Å². The molecule has 7 heteroatoms. The quantitative estimate of drug-likeness (QED) is 0.450. The number of anilines is 1. The minimum absolute atomic E-state index is 0.227. The number of piperazine rings is 1. The number of hydrogen-bond donors (Lipinski definition) is 2. The smallest absolute Gasteiger partial charge is 0.147 e. The summed E-state index contributed by atoms with van der Waals surface area (Å²) in [5.41, 5.74) is 5.87. The molecule has 6 nitrogen and oxygen atoms in total. The van der Waals surface area contributed by atoms with E-state index >= 15 is 4.39 Å². The molecular formula is C25H21FN6. The van der Waals surface area contributed by atoms with Crippen LogP contribution in [-0.4, -0.2) is 46.1 Å². The Hall–Kier alpha value is -3.84. The van der Waals surface area contributed by atoms with Crippen LogP contribution in [0.3, 0.4) is 0 Å². The standard InChI is InChI=1S/C25H21FN6/c26-21-13-17(4-6-23(21)32-10-8-27-9-11-32)24-19-12-16(3-5-22(19)30-15-31-24)20-14-29-25-18(20)2-1-7-28-25/h1-7,12-15,27H,8-11H2,(H,28,29). The van der Waals surface area contributed by atoms with Crippen molar-refractivity contribution in [2.45, 2.75) is 0 Å². The van der Waals surface area contributed by atoms with Crippen LogP contribution in [0.15, 0.2) is 67.3 Å². The lowest BCUT2D eigenvalue weighted by Crippen LogP contribution is -2.43. The summed E-state index contributed by atoms with van der Waals surface area (Å²) < 4.78 is 15.1. The van der Waals surface area contributed by atoms with Crippen LogP contribution in [0.25, 0.3) is 44.3 Å². The van der Waals surface area contributed by atoms with Crippen molar-refractivity contribution in [3.63, 3.8) is 0 Å². The number of halogens is 1. The molecule has 6 rings (SSSR count).